The van der Waals surface area contributed by atoms with Gasteiger partial charge in [0, 0.05) is 10.6 Å². The van der Waals surface area contributed by atoms with Gasteiger partial charge in [-0.3, -0.25) is 0 Å². The van der Waals surface area contributed by atoms with Gasteiger partial charge in [-0.05, 0) is 25.1 Å². The molecule has 0 N–H and O–H groups in total. The maximum atomic E-state index is 5.94. The number of halogens is 1. The summed E-state index contributed by atoms with van der Waals surface area (Å²) in [6, 6.07) is 5.52. The fourth-order valence-corrected chi connectivity index (χ4v) is 1.70. The Morgan fingerprint density at radius 1 is 1.44 bits per heavy atom. The van der Waals surface area contributed by atoms with Crippen molar-refractivity contribution in [3.63, 3.8) is 0 Å². The summed E-state index contributed by atoms with van der Waals surface area (Å²) in [5.41, 5.74) is 0.986. The fraction of sp³-hybridized carbons (Fsp3) is 0.273. The molecule has 16 heavy (non-hydrogen) atoms. The van der Waals surface area contributed by atoms with Crippen LogP contribution in [-0.2, 0) is 6.54 Å². The van der Waals surface area contributed by atoms with Crippen LogP contribution in [0.3, 0.4) is 0 Å². The van der Waals surface area contributed by atoms with Crippen LogP contribution >= 0.6 is 11.6 Å². The molecular weight excluding hydrogens is 226 g/mol. The Labute approximate surface area is 98.8 Å². The standard InChI is InChI=1S/C11H12ClN3O/c1-8-13-7-15(14-8)6-9-5-10(12)3-4-11(9)16-2/h3-5,7H,6H2,1-2H3. The molecule has 1 aromatic carbocycles. The Morgan fingerprint density at radius 3 is 2.88 bits per heavy atom. The molecule has 4 nitrogen and oxygen atoms in total. The maximum Gasteiger partial charge on any atom is 0.147 e. The van der Waals surface area contributed by atoms with E-state index in [2.05, 4.69) is 10.1 Å². The summed E-state index contributed by atoms with van der Waals surface area (Å²) < 4.78 is 7.01. The van der Waals surface area contributed by atoms with Crippen molar-refractivity contribution in [2.45, 2.75) is 13.5 Å². The Hall–Kier alpha value is -1.55. The van der Waals surface area contributed by atoms with Gasteiger partial charge >= 0.3 is 0 Å². The summed E-state index contributed by atoms with van der Waals surface area (Å²) in [5.74, 6) is 1.55. The number of methoxy groups -OCH3 is 1. The van der Waals surface area contributed by atoms with Crippen molar-refractivity contribution >= 4 is 11.6 Å². The second-order valence-electron chi connectivity index (χ2n) is 3.45. The van der Waals surface area contributed by atoms with Crippen molar-refractivity contribution in [1.82, 2.24) is 14.8 Å². The first-order valence-corrected chi connectivity index (χ1v) is 5.25. The van der Waals surface area contributed by atoms with E-state index >= 15 is 0 Å². The van der Waals surface area contributed by atoms with Crippen LogP contribution in [0.4, 0.5) is 0 Å². The molecule has 2 aromatic rings. The van der Waals surface area contributed by atoms with Crippen LogP contribution in [0.5, 0.6) is 5.75 Å². The number of benzene rings is 1. The van der Waals surface area contributed by atoms with E-state index in [9.17, 15) is 0 Å². The first kappa shape index (κ1) is 11.0. The molecule has 0 unspecified atom stereocenters. The van der Waals surface area contributed by atoms with Gasteiger partial charge in [-0.2, -0.15) is 5.10 Å². The lowest BCUT2D eigenvalue weighted by Crippen LogP contribution is -2.02. The fourth-order valence-electron chi connectivity index (χ4n) is 1.51. The van der Waals surface area contributed by atoms with E-state index in [4.69, 9.17) is 16.3 Å². The van der Waals surface area contributed by atoms with E-state index in [1.165, 1.54) is 0 Å². The zero-order valence-electron chi connectivity index (χ0n) is 9.14. The third-order valence-corrected chi connectivity index (χ3v) is 2.46. The molecule has 0 amide bonds. The van der Waals surface area contributed by atoms with Crippen LogP contribution in [0.2, 0.25) is 5.02 Å². The maximum absolute atomic E-state index is 5.94. The van der Waals surface area contributed by atoms with E-state index < -0.39 is 0 Å². The minimum Gasteiger partial charge on any atom is -0.496 e. The molecule has 84 valence electrons. The van der Waals surface area contributed by atoms with Gasteiger partial charge in [-0.15, -0.1) is 0 Å². The second kappa shape index (κ2) is 4.53. The summed E-state index contributed by atoms with van der Waals surface area (Å²) in [6.45, 7) is 2.45. The molecule has 0 aliphatic carbocycles. The highest BCUT2D eigenvalue weighted by molar-refractivity contribution is 6.30. The molecule has 0 saturated carbocycles. The molecule has 2 rings (SSSR count). The van der Waals surface area contributed by atoms with Gasteiger partial charge in [-0.1, -0.05) is 11.6 Å². The van der Waals surface area contributed by atoms with Crippen molar-refractivity contribution in [2.75, 3.05) is 7.11 Å². The first-order valence-electron chi connectivity index (χ1n) is 4.87. The van der Waals surface area contributed by atoms with Crippen molar-refractivity contribution < 1.29 is 4.74 Å². The van der Waals surface area contributed by atoms with Gasteiger partial charge in [0.2, 0.25) is 0 Å². The SMILES string of the molecule is COc1ccc(Cl)cc1Cn1cnc(C)n1. The average Bonchev–Trinajstić information content (AvgIpc) is 2.64. The van der Waals surface area contributed by atoms with Gasteiger partial charge in [0.25, 0.3) is 0 Å². The van der Waals surface area contributed by atoms with Gasteiger partial charge < -0.3 is 4.74 Å². The predicted molar refractivity (Wildman–Crippen MR) is 61.9 cm³/mol. The summed E-state index contributed by atoms with van der Waals surface area (Å²) in [4.78, 5) is 4.07. The normalized spacial score (nSPS) is 10.4. The summed E-state index contributed by atoms with van der Waals surface area (Å²) >= 11 is 5.94. The number of ether oxygens (including phenoxy) is 1. The number of aromatic nitrogens is 3. The molecule has 0 aliphatic heterocycles. The number of aryl methyl sites for hydroxylation is 1. The largest absolute Gasteiger partial charge is 0.496 e. The van der Waals surface area contributed by atoms with Crippen molar-refractivity contribution in [3.05, 3.63) is 40.9 Å². The number of hydrogen-bond acceptors (Lipinski definition) is 3. The molecule has 0 bridgehead atoms. The molecule has 0 aliphatic rings. The first-order chi connectivity index (χ1) is 7.69. The van der Waals surface area contributed by atoms with Crippen LogP contribution in [0.1, 0.15) is 11.4 Å². The summed E-state index contributed by atoms with van der Waals surface area (Å²) in [7, 11) is 1.64. The third-order valence-electron chi connectivity index (χ3n) is 2.23. The molecule has 0 saturated heterocycles. The highest BCUT2D eigenvalue weighted by Gasteiger charge is 2.05. The van der Waals surface area contributed by atoms with Gasteiger partial charge in [0.05, 0.1) is 13.7 Å². The lowest BCUT2D eigenvalue weighted by molar-refractivity contribution is 0.407. The lowest BCUT2D eigenvalue weighted by Gasteiger charge is -2.08. The Kier molecular flexibility index (Phi) is 3.10. The summed E-state index contributed by atoms with van der Waals surface area (Å²) in [5, 5.41) is 4.91. The molecule has 1 aromatic heterocycles. The third kappa shape index (κ3) is 2.33. The molecule has 5 heteroatoms. The highest BCUT2D eigenvalue weighted by Crippen LogP contribution is 2.23. The quantitative estimate of drug-likeness (QED) is 0.823. The number of hydrogen-bond donors (Lipinski definition) is 0. The lowest BCUT2D eigenvalue weighted by atomic mass is 10.2. The van der Waals surface area contributed by atoms with Crippen LogP contribution in [0.15, 0.2) is 24.5 Å². The van der Waals surface area contributed by atoms with Crippen LogP contribution < -0.4 is 4.74 Å². The van der Waals surface area contributed by atoms with Crippen LogP contribution in [0, 0.1) is 6.92 Å². The highest BCUT2D eigenvalue weighted by atomic mass is 35.5. The summed E-state index contributed by atoms with van der Waals surface area (Å²) in [6.07, 6.45) is 1.69. The van der Waals surface area contributed by atoms with Crippen LogP contribution in [0.25, 0.3) is 0 Å². The Morgan fingerprint density at radius 2 is 2.25 bits per heavy atom. The second-order valence-corrected chi connectivity index (χ2v) is 3.88. The molecule has 0 radical (unpaired) electrons. The smallest absolute Gasteiger partial charge is 0.147 e. The van der Waals surface area contributed by atoms with Crippen LogP contribution in [-0.4, -0.2) is 21.9 Å². The zero-order valence-corrected chi connectivity index (χ0v) is 9.90. The molecular formula is C11H12ClN3O. The van der Waals surface area contributed by atoms with Crippen molar-refractivity contribution in [2.24, 2.45) is 0 Å². The number of nitrogens with zero attached hydrogens (tertiary/aromatic N) is 3. The molecule has 1 heterocycles. The van der Waals surface area contributed by atoms with Gasteiger partial charge in [0.15, 0.2) is 0 Å². The Bertz CT molecular complexity index is 496. The van der Waals surface area contributed by atoms with Gasteiger partial charge in [0.1, 0.15) is 17.9 Å². The minimum absolute atomic E-state index is 0.602. The van der Waals surface area contributed by atoms with E-state index in [0.717, 1.165) is 17.1 Å². The van der Waals surface area contributed by atoms with E-state index in [0.29, 0.717) is 11.6 Å². The zero-order chi connectivity index (χ0) is 11.5. The Balaban J connectivity index is 2.29. The predicted octanol–water partition coefficient (Wildman–Crippen LogP) is 2.30. The monoisotopic (exact) mass is 237 g/mol. The van der Waals surface area contributed by atoms with E-state index in [1.54, 1.807) is 24.2 Å². The van der Waals surface area contributed by atoms with E-state index in [1.807, 2.05) is 19.1 Å². The average molecular weight is 238 g/mol. The topological polar surface area (TPSA) is 39.9 Å². The molecule has 0 atom stereocenters. The number of rotatable bonds is 3. The molecule has 0 spiro atoms. The van der Waals surface area contributed by atoms with E-state index in [-0.39, 0.29) is 0 Å². The van der Waals surface area contributed by atoms with Gasteiger partial charge in [-0.25, -0.2) is 9.67 Å². The van der Waals surface area contributed by atoms with Crippen molar-refractivity contribution in [3.8, 4) is 5.75 Å². The minimum atomic E-state index is 0.602. The molecule has 0 fully saturated rings. The van der Waals surface area contributed by atoms with Crippen molar-refractivity contribution in [1.29, 1.82) is 0 Å².